The number of carbonyl (C=O) groups excluding carboxylic acids is 2. The van der Waals surface area contributed by atoms with Gasteiger partial charge in [0.1, 0.15) is 13.2 Å². The molecule has 3 rings (SSSR count). The summed E-state index contributed by atoms with van der Waals surface area (Å²) in [5.74, 6) is 1.27. The minimum atomic E-state index is -0.531. The van der Waals surface area contributed by atoms with Crippen molar-refractivity contribution in [2.45, 2.75) is 12.5 Å². The Morgan fingerprint density at radius 2 is 2.10 bits per heavy atom. The molecule has 0 aliphatic carbocycles. The van der Waals surface area contributed by atoms with E-state index in [1.165, 1.54) is 7.11 Å². The number of rotatable bonds is 2. The highest BCUT2D eigenvalue weighted by Crippen LogP contribution is 2.35. The van der Waals surface area contributed by atoms with Crippen LogP contribution in [0.2, 0.25) is 0 Å². The van der Waals surface area contributed by atoms with Crippen molar-refractivity contribution in [3.63, 3.8) is 0 Å². The number of nitrogens with one attached hydrogen (secondary N) is 1. The van der Waals surface area contributed by atoms with E-state index in [0.29, 0.717) is 31.3 Å². The van der Waals surface area contributed by atoms with Gasteiger partial charge in [0.25, 0.3) is 0 Å². The van der Waals surface area contributed by atoms with Gasteiger partial charge < -0.3 is 24.4 Å². The normalized spacial score (nSPS) is 20.3. The molecule has 21 heavy (non-hydrogen) atoms. The first-order valence-electron chi connectivity index (χ1n) is 6.72. The van der Waals surface area contributed by atoms with Crippen LogP contribution >= 0.6 is 0 Å². The summed E-state index contributed by atoms with van der Waals surface area (Å²) in [4.78, 5) is 24.9. The van der Waals surface area contributed by atoms with E-state index >= 15 is 0 Å². The lowest BCUT2D eigenvalue weighted by molar-refractivity contribution is -0.117. The van der Waals surface area contributed by atoms with E-state index in [0.717, 1.165) is 5.69 Å². The number of hydrogen-bond acceptors (Lipinski definition) is 5. The molecule has 1 fully saturated rings. The Hall–Kier alpha value is -2.44. The van der Waals surface area contributed by atoms with Crippen molar-refractivity contribution < 1.29 is 23.8 Å². The first-order chi connectivity index (χ1) is 10.2. The summed E-state index contributed by atoms with van der Waals surface area (Å²) in [5.41, 5.74) is 0.735. The third-order valence-electron chi connectivity index (χ3n) is 3.47. The molecule has 0 unspecified atom stereocenters. The zero-order valence-electron chi connectivity index (χ0n) is 11.6. The summed E-state index contributed by atoms with van der Waals surface area (Å²) >= 11 is 0. The maximum Gasteiger partial charge on any atom is 0.407 e. The highest BCUT2D eigenvalue weighted by Gasteiger charge is 2.32. The lowest BCUT2D eigenvalue weighted by atomic mass is 10.2. The molecular formula is C14H16N2O5. The highest BCUT2D eigenvalue weighted by molar-refractivity contribution is 5.97. The van der Waals surface area contributed by atoms with Gasteiger partial charge in [-0.15, -0.1) is 0 Å². The Balaban J connectivity index is 1.75. The molecule has 0 saturated carbocycles. The molecule has 1 atom stereocenters. The van der Waals surface area contributed by atoms with Gasteiger partial charge in [-0.05, 0) is 12.1 Å². The summed E-state index contributed by atoms with van der Waals surface area (Å²) in [7, 11) is 1.30. The summed E-state index contributed by atoms with van der Waals surface area (Å²) in [6.07, 6.45) is -0.277. The number of ether oxygens (including phenoxy) is 3. The number of amides is 2. The van der Waals surface area contributed by atoms with Gasteiger partial charge in [0.05, 0.1) is 13.2 Å². The molecule has 2 amide bonds. The minimum Gasteiger partial charge on any atom is -0.486 e. The van der Waals surface area contributed by atoms with Gasteiger partial charge in [0.2, 0.25) is 5.91 Å². The van der Waals surface area contributed by atoms with Gasteiger partial charge in [0.15, 0.2) is 11.5 Å². The first kappa shape index (κ1) is 13.5. The zero-order chi connectivity index (χ0) is 14.8. The number of carbonyl (C=O) groups is 2. The fourth-order valence-electron chi connectivity index (χ4n) is 2.48. The number of hydrogen-bond donors (Lipinski definition) is 1. The molecule has 7 heteroatoms. The lowest BCUT2D eigenvalue weighted by Gasteiger charge is -2.22. The van der Waals surface area contributed by atoms with E-state index < -0.39 is 6.09 Å². The van der Waals surface area contributed by atoms with Crippen molar-refractivity contribution in [3.05, 3.63) is 18.2 Å². The second kappa shape index (κ2) is 5.51. The third-order valence-corrected chi connectivity index (χ3v) is 3.47. The maximum atomic E-state index is 12.1. The molecule has 7 nitrogen and oxygen atoms in total. The SMILES string of the molecule is COC(=O)N[C@@H]1CC(=O)N(c2ccc3c(c2)OCCO3)C1. The monoisotopic (exact) mass is 292 g/mol. The Kier molecular flexibility index (Phi) is 3.55. The standard InChI is InChI=1S/C14H16N2O5/c1-19-14(18)15-9-6-13(17)16(8-9)10-2-3-11-12(7-10)21-5-4-20-11/h2-3,7,9H,4-6,8H2,1H3,(H,15,18)/t9-/m1/s1. The lowest BCUT2D eigenvalue weighted by Crippen LogP contribution is -2.37. The van der Waals surface area contributed by atoms with Gasteiger partial charge in [-0.3, -0.25) is 4.79 Å². The third kappa shape index (κ3) is 2.72. The topological polar surface area (TPSA) is 77.1 Å². The molecule has 112 valence electrons. The van der Waals surface area contributed by atoms with E-state index in [1.54, 1.807) is 17.0 Å². The largest absolute Gasteiger partial charge is 0.486 e. The molecule has 2 heterocycles. The maximum absolute atomic E-state index is 12.1. The van der Waals surface area contributed by atoms with Gasteiger partial charge in [0, 0.05) is 24.7 Å². The number of methoxy groups -OCH3 is 1. The second-order valence-corrected chi connectivity index (χ2v) is 4.87. The predicted molar refractivity (Wildman–Crippen MR) is 73.7 cm³/mol. The number of alkyl carbamates (subject to hydrolysis) is 1. The van der Waals surface area contributed by atoms with Crippen molar-refractivity contribution in [2.75, 3.05) is 31.8 Å². The fourth-order valence-corrected chi connectivity index (χ4v) is 2.48. The number of anilines is 1. The number of benzene rings is 1. The minimum absolute atomic E-state index is 0.0481. The molecule has 2 aliphatic rings. The Bertz CT molecular complexity index is 574. The molecule has 1 saturated heterocycles. The van der Waals surface area contributed by atoms with Crippen LogP contribution in [-0.2, 0) is 9.53 Å². The van der Waals surface area contributed by atoms with Crippen molar-refractivity contribution >= 4 is 17.7 Å². The van der Waals surface area contributed by atoms with Crippen LogP contribution in [0.15, 0.2) is 18.2 Å². The number of nitrogens with zero attached hydrogens (tertiary/aromatic N) is 1. The number of fused-ring (bicyclic) bond motifs is 1. The van der Waals surface area contributed by atoms with Crippen LogP contribution in [0.25, 0.3) is 0 Å². The van der Waals surface area contributed by atoms with Crippen LogP contribution in [0.1, 0.15) is 6.42 Å². The quantitative estimate of drug-likeness (QED) is 0.877. The fraction of sp³-hybridized carbons (Fsp3) is 0.429. The van der Waals surface area contributed by atoms with Gasteiger partial charge in [-0.2, -0.15) is 0 Å². The molecule has 2 aliphatic heterocycles. The molecule has 1 aromatic carbocycles. The molecule has 0 aromatic heterocycles. The summed E-state index contributed by atoms with van der Waals surface area (Å²) in [6, 6.07) is 5.13. The van der Waals surface area contributed by atoms with Crippen LogP contribution < -0.4 is 19.7 Å². The van der Waals surface area contributed by atoms with E-state index in [-0.39, 0.29) is 18.4 Å². The van der Waals surface area contributed by atoms with Crippen molar-refractivity contribution in [2.24, 2.45) is 0 Å². The van der Waals surface area contributed by atoms with E-state index in [4.69, 9.17) is 9.47 Å². The van der Waals surface area contributed by atoms with Crippen molar-refractivity contribution in [3.8, 4) is 11.5 Å². The van der Waals surface area contributed by atoms with Crippen molar-refractivity contribution in [1.29, 1.82) is 0 Å². The molecule has 0 radical (unpaired) electrons. The predicted octanol–water partition coefficient (Wildman–Crippen LogP) is 0.919. The van der Waals surface area contributed by atoms with Crippen LogP contribution in [0, 0.1) is 0 Å². The summed E-state index contributed by atoms with van der Waals surface area (Å²) in [6.45, 7) is 1.44. The molecule has 0 spiro atoms. The average Bonchev–Trinajstić information content (AvgIpc) is 2.87. The Labute approximate surface area is 121 Å². The molecule has 1 N–H and O–H groups in total. The van der Waals surface area contributed by atoms with Crippen LogP contribution in [-0.4, -0.2) is 44.9 Å². The van der Waals surface area contributed by atoms with Gasteiger partial charge in [-0.25, -0.2) is 4.79 Å². The average molecular weight is 292 g/mol. The van der Waals surface area contributed by atoms with Gasteiger partial charge >= 0.3 is 6.09 Å². The van der Waals surface area contributed by atoms with E-state index in [2.05, 4.69) is 10.1 Å². The Morgan fingerprint density at radius 1 is 1.33 bits per heavy atom. The molecule has 1 aromatic rings. The Morgan fingerprint density at radius 3 is 2.86 bits per heavy atom. The second-order valence-electron chi connectivity index (χ2n) is 4.87. The highest BCUT2D eigenvalue weighted by atomic mass is 16.6. The molecule has 0 bridgehead atoms. The zero-order valence-corrected chi connectivity index (χ0v) is 11.6. The first-order valence-corrected chi connectivity index (χ1v) is 6.72. The van der Waals surface area contributed by atoms with Gasteiger partial charge in [-0.1, -0.05) is 0 Å². The summed E-state index contributed by atoms with van der Waals surface area (Å²) in [5, 5.41) is 2.64. The summed E-state index contributed by atoms with van der Waals surface area (Å²) < 4.78 is 15.5. The smallest absolute Gasteiger partial charge is 0.407 e. The van der Waals surface area contributed by atoms with Crippen LogP contribution in [0.3, 0.4) is 0 Å². The van der Waals surface area contributed by atoms with Crippen LogP contribution in [0.5, 0.6) is 11.5 Å². The van der Waals surface area contributed by atoms with Crippen molar-refractivity contribution in [1.82, 2.24) is 5.32 Å². The van der Waals surface area contributed by atoms with Crippen LogP contribution in [0.4, 0.5) is 10.5 Å². The van der Waals surface area contributed by atoms with E-state index in [9.17, 15) is 9.59 Å². The van der Waals surface area contributed by atoms with E-state index in [1.807, 2.05) is 6.07 Å². The molecular weight excluding hydrogens is 276 g/mol.